The van der Waals surface area contributed by atoms with Crippen LogP contribution in [0.4, 0.5) is 0 Å². The number of furan rings is 1. The number of rotatable bonds is 0. The molecule has 60 valence electrons. The van der Waals surface area contributed by atoms with E-state index in [0.717, 1.165) is 5.56 Å². The summed E-state index contributed by atoms with van der Waals surface area (Å²) in [7, 11) is 0. The Morgan fingerprint density at radius 1 is 1.67 bits per heavy atom. The molecule has 0 aromatic carbocycles. The lowest BCUT2D eigenvalue weighted by atomic mass is 9.88. The second-order valence-electron chi connectivity index (χ2n) is 2.85. The molecule has 0 aliphatic heterocycles. The van der Waals surface area contributed by atoms with Gasteiger partial charge in [0, 0.05) is 12.0 Å². The SMILES string of the molecule is N#CC1CCC(=O)c2occc21. The van der Waals surface area contributed by atoms with Crippen molar-refractivity contribution in [2.75, 3.05) is 0 Å². The van der Waals surface area contributed by atoms with Crippen molar-refractivity contribution in [2.24, 2.45) is 0 Å². The van der Waals surface area contributed by atoms with Crippen LogP contribution in [0.2, 0.25) is 0 Å². The molecule has 0 N–H and O–H groups in total. The maximum absolute atomic E-state index is 11.2. The van der Waals surface area contributed by atoms with Crippen LogP contribution in [-0.2, 0) is 0 Å². The second-order valence-corrected chi connectivity index (χ2v) is 2.85. The van der Waals surface area contributed by atoms with Crippen molar-refractivity contribution in [1.29, 1.82) is 5.26 Å². The molecule has 0 amide bonds. The first kappa shape index (κ1) is 7.11. The van der Waals surface area contributed by atoms with Gasteiger partial charge in [0.25, 0.3) is 0 Å². The fourth-order valence-electron chi connectivity index (χ4n) is 1.50. The summed E-state index contributed by atoms with van der Waals surface area (Å²) in [4.78, 5) is 11.2. The summed E-state index contributed by atoms with van der Waals surface area (Å²) in [5.74, 6) is 0.241. The van der Waals surface area contributed by atoms with E-state index in [2.05, 4.69) is 6.07 Å². The number of Topliss-reactive ketones (excluding diaryl/α,β-unsaturated/α-hetero) is 1. The number of hydrogen-bond acceptors (Lipinski definition) is 3. The molecule has 0 bridgehead atoms. The van der Waals surface area contributed by atoms with E-state index in [1.807, 2.05) is 0 Å². The lowest BCUT2D eigenvalue weighted by molar-refractivity contribution is 0.0941. The molecule has 0 radical (unpaired) electrons. The summed E-state index contributed by atoms with van der Waals surface area (Å²) < 4.78 is 5.00. The fraction of sp³-hybridized carbons (Fsp3) is 0.333. The monoisotopic (exact) mass is 161 g/mol. The van der Waals surface area contributed by atoms with E-state index in [1.54, 1.807) is 6.07 Å². The minimum atomic E-state index is -0.156. The van der Waals surface area contributed by atoms with E-state index in [-0.39, 0.29) is 11.7 Å². The predicted octanol–water partition coefficient (Wildman–Crippen LogP) is 1.86. The van der Waals surface area contributed by atoms with E-state index in [0.29, 0.717) is 18.6 Å². The van der Waals surface area contributed by atoms with Gasteiger partial charge in [-0.15, -0.1) is 0 Å². The minimum absolute atomic E-state index is 0.0153. The van der Waals surface area contributed by atoms with Gasteiger partial charge in [-0.1, -0.05) is 0 Å². The van der Waals surface area contributed by atoms with Crippen molar-refractivity contribution >= 4 is 5.78 Å². The maximum atomic E-state index is 11.2. The molecule has 1 aromatic rings. The van der Waals surface area contributed by atoms with Crippen LogP contribution in [0.5, 0.6) is 0 Å². The summed E-state index contributed by atoms with van der Waals surface area (Å²) >= 11 is 0. The molecule has 1 atom stereocenters. The minimum Gasteiger partial charge on any atom is -0.461 e. The van der Waals surface area contributed by atoms with E-state index in [9.17, 15) is 4.79 Å². The van der Waals surface area contributed by atoms with Crippen molar-refractivity contribution in [3.05, 3.63) is 23.7 Å². The molecule has 1 aliphatic rings. The number of nitriles is 1. The standard InChI is InChI=1S/C9H7NO2/c10-5-6-1-2-8(11)9-7(6)3-4-12-9/h3-4,6H,1-2H2. The first-order chi connectivity index (χ1) is 5.83. The zero-order chi connectivity index (χ0) is 8.55. The van der Waals surface area contributed by atoms with Crippen molar-refractivity contribution in [3.63, 3.8) is 0 Å². The maximum Gasteiger partial charge on any atom is 0.198 e. The van der Waals surface area contributed by atoms with Crippen LogP contribution in [0.15, 0.2) is 16.7 Å². The number of carbonyl (C=O) groups excluding carboxylic acids is 1. The largest absolute Gasteiger partial charge is 0.461 e. The Labute approximate surface area is 69.6 Å². The summed E-state index contributed by atoms with van der Waals surface area (Å²) in [5.41, 5.74) is 0.758. The lowest BCUT2D eigenvalue weighted by Crippen LogP contribution is -2.12. The molecule has 0 saturated carbocycles. The van der Waals surface area contributed by atoms with Gasteiger partial charge in [-0.3, -0.25) is 4.79 Å². The third kappa shape index (κ3) is 0.850. The highest BCUT2D eigenvalue weighted by atomic mass is 16.3. The van der Waals surface area contributed by atoms with Crippen LogP contribution in [0, 0.1) is 11.3 Å². The van der Waals surface area contributed by atoms with E-state index >= 15 is 0 Å². The van der Waals surface area contributed by atoms with Crippen molar-refractivity contribution in [3.8, 4) is 6.07 Å². The van der Waals surface area contributed by atoms with E-state index in [4.69, 9.17) is 9.68 Å². The number of carbonyl (C=O) groups is 1. The van der Waals surface area contributed by atoms with Crippen molar-refractivity contribution in [1.82, 2.24) is 0 Å². The molecule has 0 saturated heterocycles. The van der Waals surface area contributed by atoms with Gasteiger partial charge in [-0.25, -0.2) is 0 Å². The van der Waals surface area contributed by atoms with Gasteiger partial charge in [0.05, 0.1) is 18.3 Å². The average molecular weight is 161 g/mol. The van der Waals surface area contributed by atoms with Crippen LogP contribution in [0.1, 0.15) is 34.9 Å². The first-order valence-corrected chi connectivity index (χ1v) is 3.83. The molecule has 3 heteroatoms. The Morgan fingerprint density at radius 2 is 2.50 bits per heavy atom. The molecule has 12 heavy (non-hydrogen) atoms. The molecule has 1 aromatic heterocycles. The molecule has 1 aliphatic carbocycles. The average Bonchev–Trinajstić information content (AvgIpc) is 2.54. The zero-order valence-electron chi connectivity index (χ0n) is 6.41. The van der Waals surface area contributed by atoms with Crippen molar-refractivity contribution < 1.29 is 9.21 Å². The summed E-state index contributed by atoms with van der Waals surface area (Å²) in [5, 5.41) is 8.74. The zero-order valence-corrected chi connectivity index (χ0v) is 6.41. The first-order valence-electron chi connectivity index (χ1n) is 3.83. The van der Waals surface area contributed by atoms with Gasteiger partial charge in [0.15, 0.2) is 11.5 Å². The second kappa shape index (κ2) is 2.49. The number of hydrogen-bond donors (Lipinski definition) is 0. The highest BCUT2D eigenvalue weighted by molar-refractivity contribution is 5.96. The highest BCUT2D eigenvalue weighted by Crippen LogP contribution is 2.31. The Kier molecular flexibility index (Phi) is 1.47. The Balaban J connectivity index is 2.51. The molecule has 0 fully saturated rings. The number of ketones is 1. The molecular formula is C9H7NO2. The molecule has 1 heterocycles. The van der Waals surface area contributed by atoms with Gasteiger partial charge in [0.1, 0.15) is 0 Å². The van der Waals surface area contributed by atoms with Crippen LogP contribution in [0.25, 0.3) is 0 Å². The summed E-state index contributed by atoms with van der Waals surface area (Å²) in [6.45, 7) is 0. The molecular weight excluding hydrogens is 154 g/mol. The van der Waals surface area contributed by atoms with Gasteiger partial charge >= 0.3 is 0 Å². The van der Waals surface area contributed by atoms with E-state index in [1.165, 1.54) is 6.26 Å². The van der Waals surface area contributed by atoms with Gasteiger partial charge in [-0.2, -0.15) is 5.26 Å². The van der Waals surface area contributed by atoms with Gasteiger partial charge < -0.3 is 4.42 Å². The van der Waals surface area contributed by atoms with Crippen LogP contribution >= 0.6 is 0 Å². The normalized spacial score (nSPS) is 21.6. The third-order valence-electron chi connectivity index (χ3n) is 2.14. The van der Waals surface area contributed by atoms with E-state index < -0.39 is 0 Å². The molecule has 0 spiro atoms. The van der Waals surface area contributed by atoms with Gasteiger partial charge in [-0.05, 0) is 12.5 Å². The summed E-state index contributed by atoms with van der Waals surface area (Å²) in [6, 6.07) is 3.86. The highest BCUT2D eigenvalue weighted by Gasteiger charge is 2.27. The third-order valence-corrected chi connectivity index (χ3v) is 2.14. The fourth-order valence-corrected chi connectivity index (χ4v) is 1.50. The number of nitrogens with zero attached hydrogens (tertiary/aromatic N) is 1. The molecule has 2 rings (SSSR count). The van der Waals surface area contributed by atoms with Crippen molar-refractivity contribution in [2.45, 2.75) is 18.8 Å². The molecule has 1 unspecified atom stereocenters. The topological polar surface area (TPSA) is 54.0 Å². The Hall–Kier alpha value is -1.56. The lowest BCUT2D eigenvalue weighted by Gasteiger charge is -2.12. The predicted molar refractivity (Wildman–Crippen MR) is 40.6 cm³/mol. The Bertz CT molecular complexity index is 359. The van der Waals surface area contributed by atoms with Crippen LogP contribution in [-0.4, -0.2) is 5.78 Å². The van der Waals surface area contributed by atoms with Crippen LogP contribution in [0.3, 0.4) is 0 Å². The number of fused-ring (bicyclic) bond motifs is 1. The smallest absolute Gasteiger partial charge is 0.198 e. The van der Waals surface area contributed by atoms with Crippen LogP contribution < -0.4 is 0 Å². The van der Waals surface area contributed by atoms with Gasteiger partial charge in [0.2, 0.25) is 0 Å². The summed E-state index contributed by atoms with van der Waals surface area (Å²) in [6.07, 6.45) is 2.53. The Morgan fingerprint density at radius 3 is 3.25 bits per heavy atom. The quantitative estimate of drug-likeness (QED) is 0.583. The molecule has 3 nitrogen and oxygen atoms in total.